The van der Waals surface area contributed by atoms with Crippen LogP contribution in [-0.4, -0.2) is 47.7 Å². The number of carbonyl (C=O) groups is 3. The zero-order chi connectivity index (χ0) is 18.4. The molecule has 1 saturated carbocycles. The van der Waals surface area contributed by atoms with Crippen LogP contribution in [-0.2, 0) is 14.4 Å². The minimum atomic E-state index is -0.204. The van der Waals surface area contributed by atoms with E-state index in [4.69, 9.17) is 0 Å². The largest absolute Gasteiger partial charge is 0.346 e. The van der Waals surface area contributed by atoms with E-state index in [0.717, 1.165) is 44.6 Å². The zero-order valence-corrected chi connectivity index (χ0v) is 15.9. The number of unbranched alkanes of at least 4 members (excludes halogenated alkanes) is 1. The van der Waals surface area contributed by atoms with Crippen LogP contribution in [0.1, 0.15) is 58.8 Å². The summed E-state index contributed by atoms with van der Waals surface area (Å²) in [5, 5.41) is 0. The van der Waals surface area contributed by atoms with Gasteiger partial charge in [-0.05, 0) is 43.9 Å². The third kappa shape index (κ3) is 5.68. The predicted molar refractivity (Wildman–Crippen MR) is 97.6 cm³/mol. The molecule has 1 aliphatic carbocycles. The molecular formula is C20H32N2O3. The average Bonchev–Trinajstić information content (AvgIpc) is 2.90. The van der Waals surface area contributed by atoms with Gasteiger partial charge in [0, 0.05) is 38.2 Å². The molecule has 5 heteroatoms. The highest BCUT2D eigenvalue weighted by atomic mass is 16.2. The van der Waals surface area contributed by atoms with Crippen molar-refractivity contribution in [3.8, 4) is 0 Å². The molecule has 1 heterocycles. The topological polar surface area (TPSA) is 57.7 Å². The van der Waals surface area contributed by atoms with Crippen molar-refractivity contribution >= 4 is 17.7 Å². The molecule has 0 spiro atoms. The Bertz CT molecular complexity index is 501. The molecule has 0 aromatic heterocycles. The Morgan fingerprint density at radius 3 is 2.28 bits per heavy atom. The van der Waals surface area contributed by atoms with E-state index < -0.39 is 0 Å². The first kappa shape index (κ1) is 19.7. The molecule has 0 atom stereocenters. The Hall–Kier alpha value is -1.65. The van der Waals surface area contributed by atoms with Crippen molar-refractivity contribution in [2.45, 2.75) is 58.8 Å². The lowest BCUT2D eigenvalue weighted by Gasteiger charge is -2.32. The molecule has 0 aromatic carbocycles. The van der Waals surface area contributed by atoms with Crippen LogP contribution in [0.25, 0.3) is 0 Å². The van der Waals surface area contributed by atoms with E-state index in [1.54, 1.807) is 0 Å². The maximum Gasteiger partial charge on any atom is 0.253 e. The van der Waals surface area contributed by atoms with Gasteiger partial charge in [-0.3, -0.25) is 19.3 Å². The summed E-state index contributed by atoms with van der Waals surface area (Å²) in [5.74, 6) is 1.01. The first-order valence-electron chi connectivity index (χ1n) is 9.67. The number of hydrogen-bond donors (Lipinski definition) is 0. The normalized spacial score (nSPS) is 23.6. The first-order chi connectivity index (χ1) is 11.9. The second kappa shape index (κ2) is 9.16. The van der Waals surface area contributed by atoms with Crippen molar-refractivity contribution in [3.63, 3.8) is 0 Å². The number of imide groups is 1. The van der Waals surface area contributed by atoms with E-state index in [2.05, 4.69) is 13.8 Å². The van der Waals surface area contributed by atoms with Crippen LogP contribution in [0.4, 0.5) is 0 Å². The summed E-state index contributed by atoms with van der Waals surface area (Å²) in [7, 11) is 1.91. The van der Waals surface area contributed by atoms with Gasteiger partial charge in [0.25, 0.3) is 11.8 Å². The highest BCUT2D eigenvalue weighted by Crippen LogP contribution is 2.31. The highest BCUT2D eigenvalue weighted by molar-refractivity contribution is 6.12. The summed E-state index contributed by atoms with van der Waals surface area (Å²) in [6.45, 7) is 5.80. The van der Waals surface area contributed by atoms with Crippen LogP contribution in [0, 0.1) is 17.8 Å². The summed E-state index contributed by atoms with van der Waals surface area (Å²) in [6.07, 6.45) is 9.69. The average molecular weight is 348 g/mol. The Morgan fingerprint density at radius 1 is 1.12 bits per heavy atom. The standard InChI is InChI=1S/C20H32N2O3/c1-15(2)6-4-5-13-21(3)20(25)17-9-7-16(8-10-17)14-22-18(23)11-12-19(22)24/h11-12,15-17H,4-10,13-14H2,1-3H3. The quantitative estimate of drug-likeness (QED) is 0.500. The van der Waals surface area contributed by atoms with Crippen molar-refractivity contribution in [2.75, 3.05) is 20.1 Å². The molecule has 1 fully saturated rings. The highest BCUT2D eigenvalue weighted by Gasteiger charge is 2.32. The fourth-order valence-electron chi connectivity index (χ4n) is 3.78. The van der Waals surface area contributed by atoms with Gasteiger partial charge >= 0.3 is 0 Å². The van der Waals surface area contributed by atoms with E-state index in [1.807, 2.05) is 11.9 Å². The minimum absolute atomic E-state index is 0.106. The lowest BCUT2D eigenvalue weighted by atomic mass is 9.81. The molecule has 0 unspecified atom stereocenters. The summed E-state index contributed by atoms with van der Waals surface area (Å²) in [6, 6.07) is 0. The minimum Gasteiger partial charge on any atom is -0.346 e. The lowest BCUT2D eigenvalue weighted by molar-refractivity contribution is -0.139. The summed E-state index contributed by atoms with van der Waals surface area (Å²) >= 11 is 0. The number of hydrogen-bond acceptors (Lipinski definition) is 3. The van der Waals surface area contributed by atoms with Gasteiger partial charge < -0.3 is 4.90 Å². The van der Waals surface area contributed by atoms with E-state index in [1.165, 1.54) is 29.9 Å². The molecule has 0 bridgehead atoms. The van der Waals surface area contributed by atoms with Crippen LogP contribution in [0.15, 0.2) is 12.2 Å². The summed E-state index contributed by atoms with van der Waals surface area (Å²) in [5.41, 5.74) is 0. The SMILES string of the molecule is CC(C)CCCCN(C)C(=O)C1CCC(CN2C(=O)C=CC2=O)CC1. The summed E-state index contributed by atoms with van der Waals surface area (Å²) in [4.78, 5) is 39.1. The van der Waals surface area contributed by atoms with Crippen LogP contribution < -0.4 is 0 Å². The molecular weight excluding hydrogens is 316 g/mol. The zero-order valence-electron chi connectivity index (χ0n) is 15.9. The monoisotopic (exact) mass is 348 g/mol. The van der Waals surface area contributed by atoms with Gasteiger partial charge in [-0.25, -0.2) is 0 Å². The molecule has 5 nitrogen and oxygen atoms in total. The second-order valence-corrected chi connectivity index (χ2v) is 7.99. The molecule has 2 rings (SSSR count). The van der Waals surface area contributed by atoms with Gasteiger partial charge in [-0.2, -0.15) is 0 Å². The third-order valence-corrected chi connectivity index (χ3v) is 5.44. The van der Waals surface area contributed by atoms with Gasteiger partial charge in [0.05, 0.1) is 0 Å². The van der Waals surface area contributed by atoms with E-state index in [9.17, 15) is 14.4 Å². The molecule has 25 heavy (non-hydrogen) atoms. The van der Waals surface area contributed by atoms with Gasteiger partial charge in [-0.15, -0.1) is 0 Å². The van der Waals surface area contributed by atoms with Crippen molar-refractivity contribution in [1.82, 2.24) is 9.80 Å². The Balaban J connectivity index is 1.69. The predicted octanol–water partition coefficient (Wildman–Crippen LogP) is 3.00. The number of nitrogens with zero attached hydrogens (tertiary/aromatic N) is 2. The Kier molecular flexibility index (Phi) is 7.21. The molecule has 0 N–H and O–H groups in total. The van der Waals surface area contributed by atoms with Crippen molar-refractivity contribution in [3.05, 3.63) is 12.2 Å². The fraction of sp³-hybridized carbons (Fsp3) is 0.750. The van der Waals surface area contributed by atoms with Gasteiger partial charge in [0.15, 0.2) is 0 Å². The molecule has 1 aliphatic heterocycles. The van der Waals surface area contributed by atoms with Crippen molar-refractivity contribution in [1.29, 1.82) is 0 Å². The summed E-state index contributed by atoms with van der Waals surface area (Å²) < 4.78 is 0. The van der Waals surface area contributed by atoms with E-state index >= 15 is 0 Å². The second-order valence-electron chi connectivity index (χ2n) is 7.99. The number of rotatable bonds is 8. The first-order valence-corrected chi connectivity index (χ1v) is 9.67. The molecule has 3 amide bonds. The van der Waals surface area contributed by atoms with E-state index in [-0.39, 0.29) is 23.6 Å². The number of amides is 3. The molecule has 0 radical (unpaired) electrons. The van der Waals surface area contributed by atoms with Crippen LogP contribution >= 0.6 is 0 Å². The fourth-order valence-corrected chi connectivity index (χ4v) is 3.78. The van der Waals surface area contributed by atoms with Crippen LogP contribution in [0.3, 0.4) is 0 Å². The molecule has 2 aliphatic rings. The van der Waals surface area contributed by atoms with Crippen molar-refractivity contribution in [2.24, 2.45) is 17.8 Å². The Labute approximate surface area is 151 Å². The smallest absolute Gasteiger partial charge is 0.253 e. The molecule has 0 saturated heterocycles. The van der Waals surface area contributed by atoms with Crippen LogP contribution in [0.5, 0.6) is 0 Å². The van der Waals surface area contributed by atoms with Crippen LogP contribution in [0.2, 0.25) is 0 Å². The van der Waals surface area contributed by atoms with E-state index in [0.29, 0.717) is 12.5 Å². The number of carbonyl (C=O) groups excluding carboxylic acids is 3. The Morgan fingerprint density at radius 2 is 1.72 bits per heavy atom. The lowest BCUT2D eigenvalue weighted by Crippen LogP contribution is -2.39. The third-order valence-electron chi connectivity index (χ3n) is 5.44. The van der Waals surface area contributed by atoms with Gasteiger partial charge in [0.1, 0.15) is 0 Å². The maximum atomic E-state index is 12.6. The molecule has 140 valence electrons. The van der Waals surface area contributed by atoms with Crippen molar-refractivity contribution < 1.29 is 14.4 Å². The maximum absolute atomic E-state index is 12.6. The van der Waals surface area contributed by atoms with Gasteiger partial charge in [-0.1, -0.05) is 26.7 Å². The molecule has 0 aromatic rings. The van der Waals surface area contributed by atoms with Gasteiger partial charge in [0.2, 0.25) is 5.91 Å².